The van der Waals surface area contributed by atoms with E-state index in [2.05, 4.69) is 32.8 Å². The topological polar surface area (TPSA) is 149 Å². The zero-order valence-corrected chi connectivity index (χ0v) is 28.5. The van der Waals surface area contributed by atoms with Gasteiger partial charge in [-0.25, -0.2) is 9.37 Å². The standard InChI is InChI=1S/C29H25Cl2FN4O.C5H9N.C2H7N3/c1-15-19-14-22(23-8-4-12-36(23)29(37)16-9-10-16)35-27(19)20-13-17(5-3-11-33)24(26(32)28(20)34-15)18-6-2-7-21(30)25(18)31;1-4-2-5(1)6-3-4;3-1-2-5-4/h2,6-7,13-14,16,23,35H,3-5,8-10,12H2,1H3;4-6H,1-3H2;1-2,5H,3-4H2/b;;2-1-. The lowest BCUT2D eigenvalue weighted by Crippen LogP contribution is -2.31. The van der Waals surface area contributed by atoms with Gasteiger partial charge in [-0.1, -0.05) is 35.3 Å². The maximum atomic E-state index is 16.3. The van der Waals surface area contributed by atoms with Gasteiger partial charge in [-0.2, -0.15) is 5.26 Å². The summed E-state index contributed by atoms with van der Waals surface area (Å²) in [4.78, 5) is 23.1. The fourth-order valence-electron chi connectivity index (χ4n) is 7.13. The molecule has 1 unspecified atom stereocenters. The van der Waals surface area contributed by atoms with E-state index in [4.69, 9.17) is 34.8 Å². The number of pyridine rings is 1. The summed E-state index contributed by atoms with van der Waals surface area (Å²) in [5, 5.41) is 14.8. The van der Waals surface area contributed by atoms with Crippen LogP contribution in [0.1, 0.15) is 67.9 Å². The lowest BCUT2D eigenvalue weighted by atomic mass is 9.87. The zero-order valence-electron chi connectivity index (χ0n) is 27.0. The zero-order chi connectivity index (χ0) is 33.9. The summed E-state index contributed by atoms with van der Waals surface area (Å²) in [6.45, 7) is 3.95. The molecule has 12 heteroatoms. The van der Waals surface area contributed by atoms with E-state index < -0.39 is 5.82 Å². The lowest BCUT2D eigenvalue weighted by Gasteiger charge is -2.24. The smallest absolute Gasteiger partial charge is 0.226 e. The number of fused-ring (bicyclic) bond motifs is 4. The molecule has 5 fully saturated rings. The molecule has 2 aromatic heterocycles. The first-order chi connectivity index (χ1) is 23.2. The van der Waals surface area contributed by atoms with Gasteiger partial charge in [0, 0.05) is 70.6 Å². The molecule has 2 aliphatic carbocycles. The lowest BCUT2D eigenvalue weighted by molar-refractivity contribution is -0.133. The Morgan fingerprint density at radius 3 is 2.62 bits per heavy atom. The summed E-state index contributed by atoms with van der Waals surface area (Å²) in [7, 11) is 0. The van der Waals surface area contributed by atoms with E-state index >= 15 is 4.39 Å². The first-order valence-electron chi connectivity index (χ1n) is 16.6. The number of aromatic amines is 1. The third kappa shape index (κ3) is 6.83. The molecule has 7 N–H and O–H groups in total. The number of halogens is 3. The number of nitriles is 1. The number of nitrogens with two attached hydrogens (primary N) is 2. The summed E-state index contributed by atoms with van der Waals surface area (Å²) >= 11 is 12.8. The number of likely N-dealkylation sites (tertiary alicyclic amines) is 1. The average Bonchev–Trinajstić information content (AvgIpc) is 3.47. The van der Waals surface area contributed by atoms with Crippen molar-refractivity contribution < 1.29 is 9.18 Å². The minimum Gasteiger partial charge on any atom is -0.403 e. The number of benzene rings is 2. The third-order valence-electron chi connectivity index (χ3n) is 9.77. The Morgan fingerprint density at radius 2 is 2.02 bits per heavy atom. The molecule has 48 heavy (non-hydrogen) atoms. The SMILES string of the molecule is C1NC2CC1C2.Cc1nc2c(F)c(-c3cccc(Cl)c3Cl)c(CCC#N)cc2c2[nH]c(C3CCCN3C(=O)C3CC3)cc12.N/C=C\NN. The number of hydrazine groups is 1. The maximum absolute atomic E-state index is 16.3. The van der Waals surface area contributed by atoms with Crippen LogP contribution in [0, 0.1) is 35.9 Å². The van der Waals surface area contributed by atoms with Gasteiger partial charge < -0.3 is 26.4 Å². The van der Waals surface area contributed by atoms with Gasteiger partial charge in [0.1, 0.15) is 5.52 Å². The van der Waals surface area contributed by atoms with Crippen molar-refractivity contribution in [3.05, 3.63) is 75.5 Å². The van der Waals surface area contributed by atoms with Crippen LogP contribution in [0.3, 0.4) is 0 Å². The van der Waals surface area contributed by atoms with Crippen LogP contribution < -0.4 is 22.3 Å². The Balaban J connectivity index is 0.000000309. The second kappa shape index (κ2) is 14.7. The molecule has 2 aromatic carbocycles. The molecule has 9 nitrogen and oxygen atoms in total. The summed E-state index contributed by atoms with van der Waals surface area (Å²) in [6, 6.07) is 12.2. The fraction of sp³-hybridized carbons (Fsp3) is 0.417. The quantitative estimate of drug-likeness (QED) is 0.109. The monoisotopic (exact) mass is 690 g/mol. The predicted octanol–water partition coefficient (Wildman–Crippen LogP) is 6.91. The van der Waals surface area contributed by atoms with Crippen molar-refractivity contribution in [1.29, 1.82) is 5.26 Å². The highest BCUT2D eigenvalue weighted by Gasteiger charge is 2.39. The Labute approximate surface area is 289 Å². The molecule has 5 aliphatic rings. The highest BCUT2D eigenvalue weighted by Crippen LogP contribution is 2.43. The minimum absolute atomic E-state index is 0.0117. The highest BCUT2D eigenvalue weighted by molar-refractivity contribution is 6.43. The molecular formula is C36H41Cl2FN8O. The molecule has 0 spiro atoms. The Bertz CT molecular complexity index is 1880. The molecule has 4 aromatic rings. The summed E-state index contributed by atoms with van der Waals surface area (Å²) in [5.41, 5.74) is 11.2. The first kappa shape index (κ1) is 34.0. The molecule has 3 saturated heterocycles. The van der Waals surface area contributed by atoms with Crippen molar-refractivity contribution in [1.82, 2.24) is 25.6 Å². The number of hydrogen-bond donors (Lipinski definition) is 5. The maximum Gasteiger partial charge on any atom is 0.226 e. The van der Waals surface area contributed by atoms with Gasteiger partial charge in [-0.05, 0) is 88.1 Å². The van der Waals surface area contributed by atoms with Crippen LogP contribution in [0.15, 0.2) is 42.7 Å². The third-order valence-corrected chi connectivity index (χ3v) is 10.6. The van der Waals surface area contributed by atoms with Crippen LogP contribution in [0.25, 0.3) is 32.9 Å². The van der Waals surface area contributed by atoms with Gasteiger partial charge in [0.2, 0.25) is 5.91 Å². The van der Waals surface area contributed by atoms with Gasteiger partial charge in [0.05, 0.1) is 27.7 Å². The van der Waals surface area contributed by atoms with Crippen molar-refractivity contribution in [3.63, 3.8) is 0 Å². The number of H-pyrrole nitrogens is 1. The van der Waals surface area contributed by atoms with Gasteiger partial charge in [-0.15, -0.1) is 0 Å². The number of nitrogens with zero attached hydrogens (tertiary/aromatic N) is 3. The number of carbonyl (C=O) groups is 1. The van der Waals surface area contributed by atoms with Crippen LogP contribution in [-0.4, -0.2) is 39.9 Å². The van der Waals surface area contributed by atoms with Crippen LogP contribution in [0.5, 0.6) is 0 Å². The average molecular weight is 692 g/mol. The van der Waals surface area contributed by atoms with Gasteiger partial charge in [0.25, 0.3) is 0 Å². The van der Waals surface area contributed by atoms with E-state index in [9.17, 15) is 10.1 Å². The number of rotatable bonds is 6. The molecule has 0 radical (unpaired) electrons. The van der Waals surface area contributed by atoms with Gasteiger partial charge in [0.15, 0.2) is 5.82 Å². The predicted molar refractivity (Wildman–Crippen MR) is 189 cm³/mol. The van der Waals surface area contributed by atoms with Crippen LogP contribution >= 0.6 is 23.2 Å². The van der Waals surface area contributed by atoms with Crippen molar-refractivity contribution in [2.45, 2.75) is 70.4 Å². The van der Waals surface area contributed by atoms with Crippen LogP contribution in [0.4, 0.5) is 4.39 Å². The van der Waals surface area contributed by atoms with Crippen molar-refractivity contribution in [3.8, 4) is 17.2 Å². The number of hydrogen-bond acceptors (Lipinski definition) is 7. The number of aromatic nitrogens is 2. The van der Waals surface area contributed by atoms with Crippen molar-refractivity contribution in [2.24, 2.45) is 23.4 Å². The second-order valence-corrected chi connectivity index (χ2v) is 13.8. The van der Waals surface area contributed by atoms with E-state index in [1.807, 2.05) is 17.9 Å². The number of nitrogens with one attached hydrogen (secondary N) is 3. The van der Waals surface area contributed by atoms with E-state index in [1.165, 1.54) is 31.8 Å². The molecule has 3 aliphatic heterocycles. The van der Waals surface area contributed by atoms with E-state index in [0.717, 1.165) is 60.8 Å². The Morgan fingerprint density at radius 1 is 1.23 bits per heavy atom. The minimum atomic E-state index is -0.484. The molecule has 5 heterocycles. The molecule has 2 bridgehead atoms. The first-order valence-corrected chi connectivity index (χ1v) is 17.3. The molecule has 1 atom stereocenters. The van der Waals surface area contributed by atoms with E-state index in [-0.39, 0.29) is 34.8 Å². The summed E-state index contributed by atoms with van der Waals surface area (Å²) in [6.07, 6.45) is 10.1. The fourth-order valence-corrected chi connectivity index (χ4v) is 7.52. The number of amides is 1. The molecule has 252 valence electrons. The van der Waals surface area contributed by atoms with Gasteiger partial charge in [-0.3, -0.25) is 10.6 Å². The largest absolute Gasteiger partial charge is 0.403 e. The second-order valence-electron chi connectivity index (χ2n) is 13.0. The van der Waals surface area contributed by atoms with E-state index in [1.54, 1.807) is 18.2 Å². The van der Waals surface area contributed by atoms with Gasteiger partial charge >= 0.3 is 0 Å². The van der Waals surface area contributed by atoms with Crippen molar-refractivity contribution >= 4 is 50.9 Å². The molecule has 9 rings (SSSR count). The summed E-state index contributed by atoms with van der Waals surface area (Å²) < 4.78 is 16.3. The normalized spacial score (nSPS) is 21.0. The number of aryl methyl sites for hydroxylation is 2. The van der Waals surface area contributed by atoms with Crippen LogP contribution in [0.2, 0.25) is 10.0 Å². The molecule has 2 saturated carbocycles. The Hall–Kier alpha value is -3.88. The van der Waals surface area contributed by atoms with E-state index in [0.29, 0.717) is 39.2 Å². The summed E-state index contributed by atoms with van der Waals surface area (Å²) in [5.74, 6) is 5.73. The molecular weight excluding hydrogens is 650 g/mol. The highest BCUT2D eigenvalue weighted by atomic mass is 35.5. The van der Waals surface area contributed by atoms with Crippen LogP contribution in [-0.2, 0) is 11.2 Å². The Kier molecular flexibility index (Phi) is 10.4. The number of carbonyl (C=O) groups excluding carboxylic acids is 1. The van der Waals surface area contributed by atoms with Crippen molar-refractivity contribution in [2.75, 3.05) is 13.1 Å². The molecule has 1 amide bonds.